The fourth-order valence-electron chi connectivity index (χ4n) is 3.75. The zero-order valence-electron chi connectivity index (χ0n) is 20.3. The van der Waals surface area contributed by atoms with Crippen LogP contribution in [-0.2, 0) is 9.53 Å². The Balaban J connectivity index is 1.86. The number of aromatic nitrogens is 1. The van der Waals surface area contributed by atoms with Crippen LogP contribution in [0, 0.1) is 0 Å². The highest BCUT2D eigenvalue weighted by Crippen LogP contribution is 2.32. The molecule has 8 nitrogen and oxygen atoms in total. The van der Waals surface area contributed by atoms with E-state index in [1.54, 1.807) is 19.0 Å². The average Bonchev–Trinajstić information content (AvgIpc) is 2.72. The molecule has 1 aromatic heterocycles. The first-order valence-electron chi connectivity index (χ1n) is 11.2. The molecule has 0 bridgehead atoms. The maximum atomic E-state index is 12.4. The minimum Gasteiger partial charge on any atom is -0.444 e. The second-order valence-electron chi connectivity index (χ2n) is 9.63. The number of piperazine rings is 1. The first-order valence-corrected chi connectivity index (χ1v) is 11.6. The van der Waals surface area contributed by atoms with Gasteiger partial charge in [-0.1, -0.05) is 23.7 Å². The maximum Gasteiger partial charge on any atom is 0.408 e. The highest BCUT2D eigenvalue weighted by Gasteiger charge is 2.26. The summed E-state index contributed by atoms with van der Waals surface area (Å²) >= 11 is 6.45. The summed E-state index contributed by atoms with van der Waals surface area (Å²) in [6.45, 7) is 10.8. The predicted octanol–water partition coefficient (Wildman–Crippen LogP) is 3.68. The lowest BCUT2D eigenvalue weighted by molar-refractivity contribution is -0.129. The molecule has 1 aliphatic rings. The molecular weight excluding hydrogens is 442 g/mol. The molecule has 1 aliphatic heterocycles. The molecule has 1 atom stereocenters. The summed E-state index contributed by atoms with van der Waals surface area (Å²) in [5.41, 5.74) is 1.04. The number of ether oxygens (including phenoxy) is 1. The molecule has 0 aliphatic carbocycles. The van der Waals surface area contributed by atoms with Crippen LogP contribution in [0.5, 0.6) is 0 Å². The highest BCUT2D eigenvalue weighted by molar-refractivity contribution is 6.35. The second-order valence-corrected chi connectivity index (χ2v) is 10.0. The monoisotopic (exact) mass is 475 g/mol. The molecule has 1 saturated heterocycles. The summed E-state index contributed by atoms with van der Waals surface area (Å²) in [5, 5.41) is 4.44. The van der Waals surface area contributed by atoms with Crippen LogP contribution < -0.4 is 10.2 Å². The van der Waals surface area contributed by atoms with Gasteiger partial charge in [0.1, 0.15) is 11.4 Å². The summed E-state index contributed by atoms with van der Waals surface area (Å²) < 4.78 is 5.44. The lowest BCUT2D eigenvalue weighted by atomic mass is 10.0. The zero-order chi connectivity index (χ0) is 24.3. The number of amides is 2. The van der Waals surface area contributed by atoms with Crippen molar-refractivity contribution in [3.05, 3.63) is 34.9 Å². The van der Waals surface area contributed by atoms with E-state index in [-0.39, 0.29) is 11.9 Å². The van der Waals surface area contributed by atoms with Crippen LogP contribution in [0.1, 0.15) is 39.3 Å². The fraction of sp³-hybridized carbons (Fsp3) is 0.542. The number of carbonyl (C=O) groups is 2. The normalized spacial score (nSPS) is 15.9. The summed E-state index contributed by atoms with van der Waals surface area (Å²) in [4.78, 5) is 35.4. The Kier molecular flexibility index (Phi) is 7.69. The van der Waals surface area contributed by atoms with Gasteiger partial charge in [-0.3, -0.25) is 9.69 Å². The molecule has 1 fully saturated rings. The van der Waals surface area contributed by atoms with Crippen molar-refractivity contribution >= 4 is 40.3 Å². The molecule has 0 spiro atoms. The predicted molar refractivity (Wildman–Crippen MR) is 132 cm³/mol. The summed E-state index contributed by atoms with van der Waals surface area (Å²) in [6.07, 6.45) is -0.473. The molecule has 1 aromatic carbocycles. The van der Waals surface area contributed by atoms with Crippen LogP contribution in [0.25, 0.3) is 10.9 Å². The Hall–Kier alpha value is -2.58. The number of benzene rings is 1. The van der Waals surface area contributed by atoms with Gasteiger partial charge in [0, 0.05) is 51.2 Å². The van der Waals surface area contributed by atoms with E-state index in [1.807, 2.05) is 52.0 Å². The summed E-state index contributed by atoms with van der Waals surface area (Å²) in [6, 6.07) is 7.40. The SMILES string of the molecule is CC(NC(=O)OC(C)(C)C)c1cc2cccc(Cl)c2nc1N1CCN(CC(=O)N(C)C)CC1. The van der Waals surface area contributed by atoms with Gasteiger partial charge in [-0.15, -0.1) is 0 Å². The quantitative estimate of drug-likeness (QED) is 0.710. The number of carbonyl (C=O) groups excluding carboxylic acids is 2. The number of alkyl carbamates (subject to hydrolysis) is 1. The van der Waals surface area contributed by atoms with E-state index < -0.39 is 11.7 Å². The Morgan fingerprint density at radius 2 is 1.88 bits per heavy atom. The first kappa shape index (κ1) is 25.1. The third kappa shape index (κ3) is 6.48. The first-order chi connectivity index (χ1) is 15.4. The van der Waals surface area contributed by atoms with Crippen molar-refractivity contribution in [2.45, 2.75) is 39.3 Å². The Morgan fingerprint density at radius 1 is 1.21 bits per heavy atom. The molecule has 9 heteroatoms. The number of pyridine rings is 1. The number of para-hydroxylation sites is 1. The van der Waals surface area contributed by atoms with Crippen molar-refractivity contribution in [1.29, 1.82) is 0 Å². The van der Waals surface area contributed by atoms with Gasteiger partial charge in [-0.2, -0.15) is 0 Å². The number of nitrogens with one attached hydrogen (secondary N) is 1. The lowest BCUT2D eigenvalue weighted by Crippen LogP contribution is -2.50. The van der Waals surface area contributed by atoms with Crippen molar-refractivity contribution in [2.75, 3.05) is 51.7 Å². The zero-order valence-corrected chi connectivity index (χ0v) is 21.1. The Morgan fingerprint density at radius 3 is 2.48 bits per heavy atom. The van der Waals surface area contributed by atoms with Crippen molar-refractivity contribution < 1.29 is 14.3 Å². The fourth-order valence-corrected chi connectivity index (χ4v) is 3.98. The lowest BCUT2D eigenvalue weighted by Gasteiger charge is -2.37. The van der Waals surface area contributed by atoms with Gasteiger partial charge in [0.15, 0.2) is 0 Å². The topological polar surface area (TPSA) is 78.0 Å². The van der Waals surface area contributed by atoms with Gasteiger partial charge in [-0.05, 0) is 39.8 Å². The van der Waals surface area contributed by atoms with E-state index in [1.165, 1.54) is 0 Å². The number of rotatable bonds is 5. The van der Waals surface area contributed by atoms with E-state index >= 15 is 0 Å². The van der Waals surface area contributed by atoms with Crippen molar-refractivity contribution in [1.82, 2.24) is 20.1 Å². The van der Waals surface area contributed by atoms with Gasteiger partial charge in [0.2, 0.25) is 5.91 Å². The van der Waals surface area contributed by atoms with Crippen LogP contribution in [0.15, 0.2) is 24.3 Å². The average molecular weight is 476 g/mol. The highest BCUT2D eigenvalue weighted by atomic mass is 35.5. The van der Waals surface area contributed by atoms with Crippen LogP contribution in [0.3, 0.4) is 0 Å². The third-order valence-electron chi connectivity index (χ3n) is 5.53. The number of hydrogen-bond donors (Lipinski definition) is 1. The molecular formula is C24H34ClN5O3. The van der Waals surface area contributed by atoms with Gasteiger partial charge >= 0.3 is 6.09 Å². The molecule has 2 heterocycles. The van der Waals surface area contributed by atoms with Gasteiger partial charge in [0.25, 0.3) is 0 Å². The van der Waals surface area contributed by atoms with Crippen LogP contribution in [-0.4, -0.2) is 79.2 Å². The van der Waals surface area contributed by atoms with E-state index in [0.29, 0.717) is 11.6 Å². The standard InChI is InChI=1S/C24H34ClN5O3/c1-16(26-23(32)33-24(2,3)4)18-14-17-8-7-9-19(25)21(17)27-22(18)30-12-10-29(11-13-30)15-20(31)28(5)6/h7-9,14,16H,10-13,15H2,1-6H3,(H,26,32). The van der Waals surface area contributed by atoms with Gasteiger partial charge < -0.3 is 19.9 Å². The molecule has 1 unspecified atom stereocenters. The van der Waals surface area contributed by atoms with E-state index in [0.717, 1.165) is 48.5 Å². The van der Waals surface area contributed by atoms with Crippen molar-refractivity contribution in [3.8, 4) is 0 Å². The number of nitrogens with zero attached hydrogens (tertiary/aromatic N) is 4. The third-order valence-corrected chi connectivity index (χ3v) is 5.84. The molecule has 2 amide bonds. The summed E-state index contributed by atoms with van der Waals surface area (Å²) in [7, 11) is 3.54. The van der Waals surface area contributed by atoms with Crippen LogP contribution in [0.4, 0.5) is 10.6 Å². The minimum atomic E-state index is -0.581. The smallest absolute Gasteiger partial charge is 0.408 e. The number of anilines is 1. The maximum absolute atomic E-state index is 12.4. The van der Waals surface area contributed by atoms with Crippen molar-refractivity contribution in [3.63, 3.8) is 0 Å². The largest absolute Gasteiger partial charge is 0.444 e. The molecule has 2 aromatic rings. The van der Waals surface area contributed by atoms with E-state index in [4.69, 9.17) is 21.3 Å². The van der Waals surface area contributed by atoms with Crippen LogP contribution in [0.2, 0.25) is 5.02 Å². The molecule has 3 rings (SSSR count). The second kappa shape index (κ2) is 10.1. The minimum absolute atomic E-state index is 0.0925. The molecule has 0 saturated carbocycles. The number of fused-ring (bicyclic) bond motifs is 1. The number of likely N-dealkylation sites (N-methyl/N-ethyl adjacent to an activating group) is 1. The van der Waals surface area contributed by atoms with E-state index in [2.05, 4.69) is 15.1 Å². The molecule has 33 heavy (non-hydrogen) atoms. The Labute approximate surface area is 200 Å². The van der Waals surface area contributed by atoms with Crippen molar-refractivity contribution in [2.24, 2.45) is 0 Å². The van der Waals surface area contributed by atoms with Gasteiger partial charge in [-0.25, -0.2) is 9.78 Å². The summed E-state index contributed by atoms with van der Waals surface area (Å²) in [5.74, 6) is 0.882. The number of hydrogen-bond acceptors (Lipinski definition) is 6. The van der Waals surface area contributed by atoms with Gasteiger partial charge in [0.05, 0.1) is 23.1 Å². The van der Waals surface area contributed by atoms with E-state index in [9.17, 15) is 9.59 Å². The number of halogens is 1. The molecule has 1 N–H and O–H groups in total. The Bertz CT molecular complexity index is 1010. The molecule has 180 valence electrons. The van der Waals surface area contributed by atoms with Crippen LogP contribution >= 0.6 is 11.6 Å². The molecule has 0 radical (unpaired) electrons.